The highest BCUT2D eigenvalue weighted by Gasteiger charge is 1.80. The van der Waals surface area contributed by atoms with Gasteiger partial charge in [-0.3, -0.25) is 0 Å². The molecule has 1 aromatic carbocycles. The zero-order chi connectivity index (χ0) is 5.82. The summed E-state index contributed by atoms with van der Waals surface area (Å²) in [4.78, 5) is 3.20. The Morgan fingerprint density at radius 1 is 1.38 bits per heavy atom. The molecule has 0 aliphatic heterocycles. The van der Waals surface area contributed by atoms with Crippen LogP contribution in [0.25, 0.3) is 4.85 Å². The standard InChI is InChI=1S/C7H4N/c1-8-7-5-3-2-4-6-7/h3-6H. The van der Waals surface area contributed by atoms with Crippen LogP contribution in [0.3, 0.4) is 0 Å². The van der Waals surface area contributed by atoms with Crippen molar-refractivity contribution < 1.29 is 0 Å². The van der Waals surface area contributed by atoms with E-state index in [1.807, 2.05) is 0 Å². The lowest BCUT2D eigenvalue weighted by Crippen LogP contribution is -1.55. The molecule has 0 saturated carbocycles. The van der Waals surface area contributed by atoms with Crippen LogP contribution in [0.1, 0.15) is 0 Å². The van der Waals surface area contributed by atoms with E-state index in [-0.39, 0.29) is 0 Å². The summed E-state index contributed by atoms with van der Waals surface area (Å²) < 4.78 is 0. The van der Waals surface area contributed by atoms with Crippen LogP contribution in [0.15, 0.2) is 24.3 Å². The molecule has 8 heavy (non-hydrogen) atoms. The van der Waals surface area contributed by atoms with Crippen LogP contribution in [0, 0.1) is 12.6 Å². The normalized spacial score (nSPS) is 7.88. The average Bonchev–Trinajstić information content (AvgIpc) is 1.90. The van der Waals surface area contributed by atoms with Gasteiger partial charge in [0.05, 0.1) is 6.57 Å². The fourth-order valence-corrected chi connectivity index (χ4v) is 0.453. The van der Waals surface area contributed by atoms with E-state index in [1.54, 1.807) is 24.3 Å². The third-order valence-corrected chi connectivity index (χ3v) is 0.830. The van der Waals surface area contributed by atoms with Crippen molar-refractivity contribution in [1.82, 2.24) is 0 Å². The van der Waals surface area contributed by atoms with Crippen molar-refractivity contribution in [3.8, 4) is 0 Å². The summed E-state index contributed by atoms with van der Waals surface area (Å²) in [5, 5.41) is 0. The van der Waals surface area contributed by atoms with E-state index in [0.717, 1.165) is 0 Å². The maximum Gasteiger partial charge on any atom is 0.187 e. The Bertz CT molecular complexity index is 195. The lowest BCUT2D eigenvalue weighted by Gasteiger charge is -1.79. The first-order chi connectivity index (χ1) is 3.93. The van der Waals surface area contributed by atoms with E-state index in [4.69, 9.17) is 6.57 Å². The van der Waals surface area contributed by atoms with Crippen molar-refractivity contribution in [3.63, 3.8) is 0 Å². The number of hydrogen-bond donors (Lipinski definition) is 0. The molecule has 0 N–H and O–H groups in total. The molecule has 37 valence electrons. The minimum absolute atomic E-state index is 0.670. The third-order valence-electron chi connectivity index (χ3n) is 0.830. The molecule has 0 heterocycles. The molecule has 0 unspecified atom stereocenters. The van der Waals surface area contributed by atoms with Gasteiger partial charge in [-0.15, -0.1) is 0 Å². The van der Waals surface area contributed by atoms with Crippen LogP contribution in [0.5, 0.6) is 0 Å². The molecule has 0 spiro atoms. The predicted octanol–water partition coefficient (Wildman–Crippen LogP) is 2.04. The summed E-state index contributed by atoms with van der Waals surface area (Å²) in [6, 6.07) is 9.74. The van der Waals surface area contributed by atoms with Crippen LogP contribution < -0.4 is 0 Å². The fraction of sp³-hybridized carbons (Fsp3) is 0. The van der Waals surface area contributed by atoms with Crippen LogP contribution in [0.4, 0.5) is 5.69 Å². The van der Waals surface area contributed by atoms with Gasteiger partial charge in [-0.25, -0.2) is 4.85 Å². The van der Waals surface area contributed by atoms with E-state index in [1.165, 1.54) is 0 Å². The van der Waals surface area contributed by atoms with Crippen LogP contribution in [0.2, 0.25) is 0 Å². The molecule has 1 nitrogen and oxygen atoms in total. The van der Waals surface area contributed by atoms with Gasteiger partial charge in [0.1, 0.15) is 0 Å². The molecule has 0 atom stereocenters. The number of rotatable bonds is 0. The first-order valence-corrected chi connectivity index (χ1v) is 2.27. The quantitative estimate of drug-likeness (QED) is 0.441. The maximum absolute atomic E-state index is 6.55. The van der Waals surface area contributed by atoms with Crippen LogP contribution in [-0.4, -0.2) is 0 Å². The highest BCUT2D eigenvalue weighted by Crippen LogP contribution is 2.07. The van der Waals surface area contributed by atoms with Gasteiger partial charge in [0.2, 0.25) is 0 Å². The van der Waals surface area contributed by atoms with Gasteiger partial charge < -0.3 is 0 Å². The van der Waals surface area contributed by atoms with Crippen LogP contribution in [-0.2, 0) is 0 Å². The Labute approximate surface area is 48.4 Å². The van der Waals surface area contributed by atoms with Crippen molar-refractivity contribution in [2.24, 2.45) is 0 Å². The molecular weight excluding hydrogens is 98.1 g/mol. The lowest BCUT2D eigenvalue weighted by atomic mass is 10.3. The van der Waals surface area contributed by atoms with Crippen LogP contribution >= 0.6 is 0 Å². The van der Waals surface area contributed by atoms with Crippen molar-refractivity contribution in [2.45, 2.75) is 0 Å². The smallest absolute Gasteiger partial charge is 0.187 e. The summed E-state index contributed by atoms with van der Waals surface area (Å²) in [6.07, 6.45) is 0. The van der Waals surface area contributed by atoms with Gasteiger partial charge >= 0.3 is 0 Å². The summed E-state index contributed by atoms with van der Waals surface area (Å²) >= 11 is 0. The average molecular weight is 102 g/mol. The molecule has 0 aliphatic rings. The van der Waals surface area contributed by atoms with Crippen molar-refractivity contribution in [1.29, 1.82) is 0 Å². The second kappa shape index (κ2) is 2.13. The van der Waals surface area contributed by atoms with E-state index < -0.39 is 0 Å². The first kappa shape index (κ1) is 4.86. The highest BCUT2D eigenvalue weighted by molar-refractivity contribution is 5.42. The summed E-state index contributed by atoms with van der Waals surface area (Å²) in [5.74, 6) is 0. The van der Waals surface area contributed by atoms with Gasteiger partial charge in [0.25, 0.3) is 0 Å². The molecule has 1 aromatic rings. The summed E-state index contributed by atoms with van der Waals surface area (Å²) in [5.41, 5.74) is 0.670. The second-order valence-electron chi connectivity index (χ2n) is 1.37. The molecule has 0 fully saturated rings. The van der Waals surface area contributed by atoms with Crippen molar-refractivity contribution >= 4 is 5.69 Å². The molecule has 0 amide bonds. The SMILES string of the molecule is [C-]#[N+]c1cc[c]cc1. The zero-order valence-corrected chi connectivity index (χ0v) is 4.26. The molecule has 1 heteroatoms. The predicted molar refractivity (Wildman–Crippen MR) is 31.5 cm³/mol. The van der Waals surface area contributed by atoms with Gasteiger partial charge in [0, 0.05) is 0 Å². The lowest BCUT2D eigenvalue weighted by molar-refractivity contribution is 1.70. The Balaban J connectivity index is 3.05. The maximum atomic E-state index is 6.55. The largest absolute Gasteiger partial charge is 0.238 e. The third kappa shape index (κ3) is 0.855. The molecule has 0 aromatic heterocycles. The minimum Gasteiger partial charge on any atom is -0.238 e. The molecule has 0 aliphatic carbocycles. The van der Waals surface area contributed by atoms with Crippen molar-refractivity contribution in [2.75, 3.05) is 0 Å². The number of nitrogens with zero attached hydrogens (tertiary/aromatic N) is 1. The van der Waals surface area contributed by atoms with Gasteiger partial charge in [0.15, 0.2) is 5.69 Å². The second-order valence-corrected chi connectivity index (χ2v) is 1.37. The highest BCUT2D eigenvalue weighted by atomic mass is 14.6. The number of hydrogen-bond acceptors (Lipinski definition) is 0. The van der Waals surface area contributed by atoms with Gasteiger partial charge in [-0.1, -0.05) is 24.3 Å². The molecule has 0 bridgehead atoms. The summed E-state index contributed by atoms with van der Waals surface area (Å²) in [7, 11) is 0. The summed E-state index contributed by atoms with van der Waals surface area (Å²) in [6.45, 7) is 6.55. The monoisotopic (exact) mass is 102 g/mol. The van der Waals surface area contributed by atoms with E-state index in [2.05, 4.69) is 10.9 Å². The van der Waals surface area contributed by atoms with E-state index >= 15 is 0 Å². The molecule has 1 rings (SSSR count). The van der Waals surface area contributed by atoms with Gasteiger partial charge in [-0.2, -0.15) is 0 Å². The van der Waals surface area contributed by atoms with E-state index in [0.29, 0.717) is 5.69 Å². The Morgan fingerprint density at radius 3 is 2.38 bits per heavy atom. The molecule has 0 saturated heterocycles. The molecule has 1 radical (unpaired) electrons. The Hall–Kier alpha value is -1.29. The van der Waals surface area contributed by atoms with E-state index in [9.17, 15) is 0 Å². The Kier molecular flexibility index (Phi) is 1.29. The van der Waals surface area contributed by atoms with Gasteiger partial charge in [-0.05, 0) is 6.07 Å². The first-order valence-electron chi connectivity index (χ1n) is 2.27. The molecular formula is C7H4N. The number of benzene rings is 1. The minimum atomic E-state index is 0.670. The fourth-order valence-electron chi connectivity index (χ4n) is 0.453. The Morgan fingerprint density at radius 2 is 2.00 bits per heavy atom. The topological polar surface area (TPSA) is 4.36 Å². The van der Waals surface area contributed by atoms with Crippen molar-refractivity contribution in [3.05, 3.63) is 41.7 Å². The zero-order valence-electron chi connectivity index (χ0n) is 4.26.